The quantitative estimate of drug-likeness (QED) is 0.508. The van der Waals surface area contributed by atoms with Crippen molar-refractivity contribution in [2.45, 2.75) is 31.2 Å². The molecule has 2 heterocycles. The van der Waals surface area contributed by atoms with E-state index in [4.69, 9.17) is 9.97 Å². The van der Waals surface area contributed by atoms with Crippen LogP contribution in [0.15, 0.2) is 65.6 Å². The van der Waals surface area contributed by atoms with Crippen LogP contribution < -0.4 is 4.90 Å². The summed E-state index contributed by atoms with van der Waals surface area (Å²) in [4.78, 5) is 28.0. The van der Waals surface area contributed by atoms with E-state index in [9.17, 15) is 4.79 Å². The molecule has 3 aromatic rings. The van der Waals surface area contributed by atoms with Crippen LogP contribution in [0, 0.1) is 0 Å². The third kappa shape index (κ3) is 5.07. The molecule has 5 nitrogen and oxygen atoms in total. The molecule has 0 spiro atoms. The van der Waals surface area contributed by atoms with Crippen molar-refractivity contribution in [3.8, 4) is 11.4 Å². The molecule has 0 saturated heterocycles. The minimum Gasteiger partial charge on any atom is -0.359 e. The van der Waals surface area contributed by atoms with Gasteiger partial charge in [0.05, 0.1) is 18.0 Å². The maximum atomic E-state index is 12.9. The van der Waals surface area contributed by atoms with E-state index in [-0.39, 0.29) is 5.91 Å². The molecule has 2 aromatic carbocycles. The highest BCUT2D eigenvalue weighted by Gasteiger charge is 2.27. The molecule has 31 heavy (non-hydrogen) atoms. The summed E-state index contributed by atoms with van der Waals surface area (Å²) in [7, 11) is 2.08. The van der Waals surface area contributed by atoms with Gasteiger partial charge in [0.1, 0.15) is 5.82 Å². The van der Waals surface area contributed by atoms with Gasteiger partial charge in [0, 0.05) is 42.6 Å². The molecule has 0 N–H and O–H groups in total. The Labute approximate surface area is 188 Å². The topological polar surface area (TPSA) is 49.3 Å². The first-order valence-corrected chi connectivity index (χ1v) is 11.8. The fourth-order valence-corrected chi connectivity index (χ4v) is 4.66. The standard InChI is InChI=1S/C25H28N4OS/c1-3-15-28(2)25-21-17-29(23(30)18-31-20-12-8-5-9-13-20)16-14-22(21)26-24(27-25)19-10-6-4-7-11-19/h4-13H,3,14-18H2,1-2H3. The lowest BCUT2D eigenvalue weighted by Crippen LogP contribution is -2.38. The Kier molecular flexibility index (Phi) is 6.87. The highest BCUT2D eigenvalue weighted by molar-refractivity contribution is 8.00. The van der Waals surface area contributed by atoms with Crippen LogP contribution in [0.4, 0.5) is 5.82 Å². The van der Waals surface area contributed by atoms with Crippen molar-refractivity contribution in [2.75, 3.05) is 30.8 Å². The number of rotatable bonds is 7. The Balaban J connectivity index is 1.57. The third-order valence-electron chi connectivity index (χ3n) is 5.45. The molecule has 1 aliphatic heterocycles. The number of thioether (sulfide) groups is 1. The Morgan fingerprint density at radius 3 is 2.48 bits per heavy atom. The van der Waals surface area contributed by atoms with Crippen LogP contribution >= 0.6 is 11.8 Å². The summed E-state index contributed by atoms with van der Waals surface area (Å²) < 4.78 is 0. The molecule has 6 heteroatoms. The van der Waals surface area contributed by atoms with E-state index in [0.717, 1.165) is 52.7 Å². The molecule has 160 valence electrons. The molecule has 1 aromatic heterocycles. The zero-order valence-corrected chi connectivity index (χ0v) is 18.9. The predicted molar refractivity (Wildman–Crippen MR) is 127 cm³/mol. The van der Waals surface area contributed by atoms with Crippen molar-refractivity contribution >= 4 is 23.5 Å². The van der Waals surface area contributed by atoms with E-state index in [1.165, 1.54) is 0 Å². The first-order valence-electron chi connectivity index (χ1n) is 10.8. The summed E-state index contributed by atoms with van der Waals surface area (Å²) in [6.07, 6.45) is 1.79. The monoisotopic (exact) mass is 432 g/mol. The van der Waals surface area contributed by atoms with Gasteiger partial charge in [-0.2, -0.15) is 0 Å². The van der Waals surface area contributed by atoms with Crippen LogP contribution in [0.3, 0.4) is 0 Å². The van der Waals surface area contributed by atoms with E-state index < -0.39 is 0 Å². The largest absolute Gasteiger partial charge is 0.359 e. The van der Waals surface area contributed by atoms with E-state index in [1.807, 2.05) is 65.6 Å². The number of fused-ring (bicyclic) bond motifs is 1. The number of carbonyl (C=O) groups is 1. The lowest BCUT2D eigenvalue weighted by atomic mass is 10.0. The minimum absolute atomic E-state index is 0.163. The number of carbonyl (C=O) groups excluding carboxylic acids is 1. The van der Waals surface area contributed by atoms with Crippen LogP contribution in [-0.4, -0.2) is 46.7 Å². The van der Waals surface area contributed by atoms with Gasteiger partial charge in [-0.3, -0.25) is 4.79 Å². The van der Waals surface area contributed by atoms with Crippen LogP contribution in [0.25, 0.3) is 11.4 Å². The molecular weight excluding hydrogens is 404 g/mol. The zero-order valence-electron chi connectivity index (χ0n) is 18.1. The van der Waals surface area contributed by atoms with Crippen LogP contribution in [0.1, 0.15) is 24.6 Å². The lowest BCUT2D eigenvalue weighted by molar-refractivity contribution is -0.129. The molecule has 0 radical (unpaired) electrons. The summed E-state index contributed by atoms with van der Waals surface area (Å²) in [6, 6.07) is 20.2. The second-order valence-electron chi connectivity index (χ2n) is 7.75. The third-order valence-corrected chi connectivity index (χ3v) is 6.45. The highest BCUT2D eigenvalue weighted by atomic mass is 32.2. The molecule has 0 atom stereocenters. The first kappa shape index (κ1) is 21.4. The number of benzene rings is 2. The van der Waals surface area contributed by atoms with Gasteiger partial charge in [-0.15, -0.1) is 11.8 Å². The highest BCUT2D eigenvalue weighted by Crippen LogP contribution is 2.30. The van der Waals surface area contributed by atoms with Gasteiger partial charge in [0.2, 0.25) is 5.91 Å². The second-order valence-corrected chi connectivity index (χ2v) is 8.80. The van der Waals surface area contributed by atoms with Crippen molar-refractivity contribution in [2.24, 2.45) is 0 Å². The maximum absolute atomic E-state index is 12.9. The van der Waals surface area contributed by atoms with Crippen molar-refractivity contribution < 1.29 is 4.79 Å². The Hall–Kier alpha value is -2.86. The average Bonchev–Trinajstić information content (AvgIpc) is 2.83. The van der Waals surface area contributed by atoms with Crippen molar-refractivity contribution in [3.05, 3.63) is 71.9 Å². The average molecular weight is 433 g/mol. The smallest absolute Gasteiger partial charge is 0.233 e. The van der Waals surface area contributed by atoms with E-state index in [0.29, 0.717) is 18.8 Å². The number of amides is 1. The molecular formula is C25H28N4OS. The summed E-state index contributed by atoms with van der Waals surface area (Å²) in [5, 5.41) is 0. The van der Waals surface area contributed by atoms with Gasteiger partial charge in [-0.1, -0.05) is 55.5 Å². The van der Waals surface area contributed by atoms with Gasteiger partial charge < -0.3 is 9.80 Å². The molecule has 0 fully saturated rings. The van der Waals surface area contributed by atoms with Crippen LogP contribution in [0.2, 0.25) is 0 Å². The number of hydrogen-bond donors (Lipinski definition) is 0. The minimum atomic E-state index is 0.163. The number of anilines is 1. The van der Waals surface area contributed by atoms with Gasteiger partial charge in [0.15, 0.2) is 5.82 Å². The van der Waals surface area contributed by atoms with Crippen molar-refractivity contribution in [1.29, 1.82) is 0 Å². The number of aromatic nitrogens is 2. The molecule has 0 aliphatic carbocycles. The first-order chi connectivity index (χ1) is 15.2. The van der Waals surface area contributed by atoms with Gasteiger partial charge in [-0.25, -0.2) is 9.97 Å². The Morgan fingerprint density at radius 2 is 1.77 bits per heavy atom. The molecule has 0 unspecified atom stereocenters. The van der Waals surface area contributed by atoms with Crippen molar-refractivity contribution in [1.82, 2.24) is 14.9 Å². The van der Waals surface area contributed by atoms with Gasteiger partial charge in [-0.05, 0) is 18.6 Å². The Morgan fingerprint density at radius 1 is 1.06 bits per heavy atom. The lowest BCUT2D eigenvalue weighted by Gasteiger charge is -2.32. The molecule has 1 aliphatic rings. The molecule has 0 bridgehead atoms. The summed E-state index contributed by atoms with van der Waals surface area (Å²) in [5.41, 5.74) is 3.17. The van der Waals surface area contributed by atoms with E-state index >= 15 is 0 Å². The van der Waals surface area contributed by atoms with Crippen molar-refractivity contribution in [3.63, 3.8) is 0 Å². The molecule has 0 saturated carbocycles. The van der Waals surface area contributed by atoms with Gasteiger partial charge in [0.25, 0.3) is 0 Å². The van der Waals surface area contributed by atoms with Crippen LogP contribution in [-0.2, 0) is 17.8 Å². The summed E-state index contributed by atoms with van der Waals surface area (Å²) >= 11 is 1.59. The maximum Gasteiger partial charge on any atom is 0.233 e. The van der Waals surface area contributed by atoms with Gasteiger partial charge >= 0.3 is 0 Å². The molecule has 4 rings (SSSR count). The summed E-state index contributed by atoms with van der Waals surface area (Å²) in [5.74, 6) is 2.31. The van der Waals surface area contributed by atoms with Crippen LogP contribution in [0.5, 0.6) is 0 Å². The normalized spacial score (nSPS) is 13.0. The fourth-order valence-electron chi connectivity index (χ4n) is 3.84. The second kappa shape index (κ2) is 9.96. The van der Waals surface area contributed by atoms with E-state index in [2.05, 4.69) is 18.9 Å². The zero-order chi connectivity index (χ0) is 21.6. The fraction of sp³-hybridized carbons (Fsp3) is 0.320. The SMILES string of the molecule is CCCN(C)c1nc(-c2ccccc2)nc2c1CN(C(=O)CSc1ccccc1)CC2. The molecule has 1 amide bonds. The Bertz CT molecular complexity index is 1030. The predicted octanol–water partition coefficient (Wildman–Crippen LogP) is 4.67. The van der Waals surface area contributed by atoms with E-state index in [1.54, 1.807) is 11.8 Å². The summed E-state index contributed by atoms with van der Waals surface area (Å²) in [6.45, 7) is 4.35. The number of nitrogens with zero attached hydrogens (tertiary/aromatic N) is 4. The number of hydrogen-bond acceptors (Lipinski definition) is 5.